The van der Waals surface area contributed by atoms with Crippen molar-refractivity contribution >= 4 is 22.8 Å². The fourth-order valence-electron chi connectivity index (χ4n) is 4.10. The number of amides is 2. The third-order valence-corrected chi connectivity index (χ3v) is 5.68. The Morgan fingerprint density at radius 3 is 2.90 bits per heavy atom. The lowest BCUT2D eigenvalue weighted by molar-refractivity contribution is -0.133. The average Bonchev–Trinajstić information content (AvgIpc) is 3.33. The van der Waals surface area contributed by atoms with E-state index in [9.17, 15) is 9.59 Å². The molecule has 158 valence electrons. The van der Waals surface area contributed by atoms with Crippen molar-refractivity contribution in [2.45, 2.75) is 39.7 Å². The second-order valence-corrected chi connectivity index (χ2v) is 7.93. The number of rotatable bonds is 6. The van der Waals surface area contributed by atoms with Gasteiger partial charge in [0.15, 0.2) is 5.69 Å². The highest BCUT2D eigenvalue weighted by atomic mass is 16.5. The minimum atomic E-state index is -0.238. The van der Waals surface area contributed by atoms with Crippen LogP contribution in [0.1, 0.15) is 41.3 Å². The van der Waals surface area contributed by atoms with Crippen molar-refractivity contribution < 1.29 is 14.1 Å². The third kappa shape index (κ3) is 4.37. The number of para-hydroxylation sites is 2. The van der Waals surface area contributed by atoms with Crippen LogP contribution in [0, 0.1) is 19.8 Å². The predicted octanol–water partition coefficient (Wildman–Crippen LogP) is 2.70. The first-order valence-corrected chi connectivity index (χ1v) is 10.4. The van der Waals surface area contributed by atoms with Crippen LogP contribution >= 0.6 is 0 Å². The number of hydrogen-bond acceptors (Lipinski definition) is 5. The van der Waals surface area contributed by atoms with Crippen LogP contribution in [0.15, 0.2) is 34.9 Å². The molecule has 0 unspecified atom stereocenters. The molecule has 1 atom stereocenters. The van der Waals surface area contributed by atoms with E-state index in [0.717, 1.165) is 36.2 Å². The molecule has 0 aliphatic carbocycles. The first-order chi connectivity index (χ1) is 14.5. The molecule has 3 heterocycles. The Kier molecular flexibility index (Phi) is 5.83. The number of imidazole rings is 1. The number of carbonyl (C=O) groups is 2. The summed E-state index contributed by atoms with van der Waals surface area (Å²) >= 11 is 0. The third-order valence-electron chi connectivity index (χ3n) is 5.68. The number of nitrogens with zero attached hydrogens (tertiary/aromatic N) is 4. The molecule has 1 aromatic carbocycles. The van der Waals surface area contributed by atoms with E-state index in [0.29, 0.717) is 37.5 Å². The van der Waals surface area contributed by atoms with Gasteiger partial charge in [0.1, 0.15) is 11.6 Å². The van der Waals surface area contributed by atoms with Crippen LogP contribution in [-0.4, -0.2) is 51.1 Å². The van der Waals surface area contributed by atoms with Crippen LogP contribution < -0.4 is 5.32 Å². The summed E-state index contributed by atoms with van der Waals surface area (Å²) in [5.74, 6) is 1.69. The summed E-state index contributed by atoms with van der Waals surface area (Å²) in [6.07, 6.45) is 2.38. The van der Waals surface area contributed by atoms with Gasteiger partial charge in [0.2, 0.25) is 5.91 Å². The molecule has 1 saturated heterocycles. The molecule has 1 N–H and O–H groups in total. The topological polar surface area (TPSA) is 93.3 Å². The largest absolute Gasteiger partial charge is 0.361 e. The van der Waals surface area contributed by atoms with Crippen LogP contribution in [0.2, 0.25) is 0 Å². The molecule has 30 heavy (non-hydrogen) atoms. The number of fused-ring (bicyclic) bond motifs is 1. The van der Waals surface area contributed by atoms with Crippen molar-refractivity contribution in [1.82, 2.24) is 24.9 Å². The zero-order valence-corrected chi connectivity index (χ0v) is 17.4. The Hall–Kier alpha value is -3.16. The van der Waals surface area contributed by atoms with Gasteiger partial charge < -0.3 is 19.3 Å². The van der Waals surface area contributed by atoms with Crippen LogP contribution in [0.4, 0.5) is 0 Å². The molecule has 1 aliphatic rings. The Bertz CT molecular complexity index is 1050. The highest BCUT2D eigenvalue weighted by Gasteiger charge is 2.24. The van der Waals surface area contributed by atoms with Gasteiger partial charge in [-0.05, 0) is 44.7 Å². The zero-order valence-electron chi connectivity index (χ0n) is 17.4. The van der Waals surface area contributed by atoms with Gasteiger partial charge in [0.05, 0.1) is 11.0 Å². The molecule has 2 amide bonds. The molecule has 1 fully saturated rings. The minimum Gasteiger partial charge on any atom is -0.361 e. The second-order valence-electron chi connectivity index (χ2n) is 7.93. The fraction of sp³-hybridized carbons (Fsp3) is 0.455. The van der Waals surface area contributed by atoms with E-state index < -0.39 is 0 Å². The van der Waals surface area contributed by atoms with Crippen molar-refractivity contribution in [3.05, 3.63) is 47.6 Å². The highest BCUT2D eigenvalue weighted by Crippen LogP contribution is 2.19. The molecule has 0 saturated carbocycles. The molecule has 1 aliphatic heterocycles. The number of nitrogens with one attached hydrogen (secondary N) is 1. The minimum absolute atomic E-state index is 0.148. The van der Waals surface area contributed by atoms with E-state index in [2.05, 4.69) is 20.0 Å². The molecule has 0 spiro atoms. The van der Waals surface area contributed by atoms with E-state index in [4.69, 9.17) is 4.52 Å². The maximum absolute atomic E-state index is 12.8. The van der Waals surface area contributed by atoms with Gasteiger partial charge in [0.25, 0.3) is 5.91 Å². The lowest BCUT2D eigenvalue weighted by Crippen LogP contribution is -2.44. The van der Waals surface area contributed by atoms with Crippen molar-refractivity contribution in [3.63, 3.8) is 0 Å². The SMILES string of the molecule is Cc1cc(C(=O)NC[C@H]2CCCN(C(=O)CCn3c(C)nc4ccccc43)C2)no1. The van der Waals surface area contributed by atoms with Crippen LogP contribution in [0.3, 0.4) is 0 Å². The van der Waals surface area contributed by atoms with Crippen molar-refractivity contribution in [2.24, 2.45) is 5.92 Å². The summed E-state index contributed by atoms with van der Waals surface area (Å²) in [7, 11) is 0. The fourth-order valence-corrected chi connectivity index (χ4v) is 4.10. The number of aryl methyl sites for hydroxylation is 3. The number of aromatic nitrogens is 3. The van der Waals surface area contributed by atoms with E-state index in [1.54, 1.807) is 13.0 Å². The number of likely N-dealkylation sites (tertiary alicyclic amines) is 1. The highest BCUT2D eigenvalue weighted by molar-refractivity contribution is 5.92. The Balaban J connectivity index is 1.30. The molecule has 8 heteroatoms. The lowest BCUT2D eigenvalue weighted by atomic mass is 9.97. The van der Waals surface area contributed by atoms with Gasteiger partial charge in [-0.15, -0.1) is 0 Å². The van der Waals surface area contributed by atoms with Gasteiger partial charge in [-0.2, -0.15) is 0 Å². The Morgan fingerprint density at radius 2 is 2.10 bits per heavy atom. The number of piperidine rings is 1. The summed E-state index contributed by atoms with van der Waals surface area (Å²) < 4.78 is 7.05. The van der Waals surface area contributed by atoms with Gasteiger partial charge in [-0.3, -0.25) is 9.59 Å². The molecular formula is C22H27N5O3. The standard InChI is InChI=1S/C22H27N5O3/c1-15-12-19(25-30-15)22(29)23-13-17-6-5-10-26(14-17)21(28)9-11-27-16(2)24-18-7-3-4-8-20(18)27/h3-4,7-8,12,17H,5-6,9-11,13-14H2,1-2H3,(H,23,29)/t17-/m1/s1. The van der Waals surface area contributed by atoms with Crippen molar-refractivity contribution in [3.8, 4) is 0 Å². The Labute approximate surface area is 175 Å². The lowest BCUT2D eigenvalue weighted by Gasteiger charge is -2.33. The first kappa shape index (κ1) is 20.1. The molecular weight excluding hydrogens is 382 g/mol. The quantitative estimate of drug-likeness (QED) is 0.676. The van der Waals surface area contributed by atoms with E-state index >= 15 is 0 Å². The molecule has 2 aromatic heterocycles. The first-order valence-electron chi connectivity index (χ1n) is 10.4. The summed E-state index contributed by atoms with van der Waals surface area (Å²) in [6, 6.07) is 9.61. The molecule has 8 nitrogen and oxygen atoms in total. The molecule has 4 rings (SSSR count). The second kappa shape index (κ2) is 8.69. The maximum atomic E-state index is 12.8. The molecule has 0 radical (unpaired) electrons. The van der Waals surface area contributed by atoms with Gasteiger partial charge in [0, 0.05) is 38.7 Å². The normalized spacial score (nSPS) is 16.7. The monoisotopic (exact) mass is 409 g/mol. The summed E-state index contributed by atoms with van der Waals surface area (Å²) in [4.78, 5) is 31.5. The average molecular weight is 409 g/mol. The van der Waals surface area contributed by atoms with Gasteiger partial charge in [-0.25, -0.2) is 4.98 Å². The molecule has 0 bridgehead atoms. The van der Waals surface area contributed by atoms with Crippen molar-refractivity contribution in [1.29, 1.82) is 0 Å². The van der Waals surface area contributed by atoms with Gasteiger partial charge in [-0.1, -0.05) is 17.3 Å². The Morgan fingerprint density at radius 1 is 1.27 bits per heavy atom. The van der Waals surface area contributed by atoms with Crippen LogP contribution in [0.25, 0.3) is 11.0 Å². The summed E-state index contributed by atoms with van der Waals surface area (Å²) in [5, 5.41) is 6.65. The number of benzene rings is 1. The maximum Gasteiger partial charge on any atom is 0.273 e. The van der Waals surface area contributed by atoms with E-state index in [1.807, 2.05) is 36.1 Å². The van der Waals surface area contributed by atoms with Gasteiger partial charge >= 0.3 is 0 Å². The molecule has 3 aromatic rings. The zero-order chi connectivity index (χ0) is 21.1. The smallest absolute Gasteiger partial charge is 0.273 e. The summed E-state index contributed by atoms with van der Waals surface area (Å²) in [6.45, 7) is 6.31. The van der Waals surface area contributed by atoms with Crippen LogP contribution in [0.5, 0.6) is 0 Å². The summed E-state index contributed by atoms with van der Waals surface area (Å²) in [5.41, 5.74) is 2.31. The number of hydrogen-bond donors (Lipinski definition) is 1. The van der Waals surface area contributed by atoms with Crippen molar-refractivity contribution in [2.75, 3.05) is 19.6 Å². The number of carbonyl (C=O) groups excluding carboxylic acids is 2. The predicted molar refractivity (Wildman–Crippen MR) is 112 cm³/mol. The van der Waals surface area contributed by atoms with Crippen LogP contribution in [-0.2, 0) is 11.3 Å². The van der Waals surface area contributed by atoms with E-state index in [-0.39, 0.29) is 17.7 Å². The van der Waals surface area contributed by atoms with E-state index in [1.165, 1.54) is 0 Å².